The summed E-state index contributed by atoms with van der Waals surface area (Å²) in [6, 6.07) is 8.72. The van der Waals surface area contributed by atoms with Crippen LogP contribution < -0.4 is 10.6 Å². The zero-order chi connectivity index (χ0) is 15.5. The molecule has 1 heterocycles. The number of carbonyl (C=O) groups is 3. The number of imide groups is 1. The van der Waals surface area contributed by atoms with Crippen LogP contribution >= 0.6 is 0 Å². The molecule has 1 aromatic carbocycles. The van der Waals surface area contributed by atoms with Gasteiger partial charge in [0, 0.05) is 0 Å². The number of amides is 3. The summed E-state index contributed by atoms with van der Waals surface area (Å²) in [6.07, 6.45) is 0.309. The highest BCUT2D eigenvalue weighted by molar-refractivity contribution is 6.08. The number of ether oxygens (including phenoxy) is 1. The Morgan fingerprint density at radius 2 is 1.95 bits per heavy atom. The van der Waals surface area contributed by atoms with Gasteiger partial charge in [0.05, 0.1) is 12.5 Å². The lowest BCUT2D eigenvalue weighted by Gasteiger charge is -2.29. The fourth-order valence-corrected chi connectivity index (χ4v) is 2.42. The minimum atomic E-state index is -1.31. The van der Waals surface area contributed by atoms with E-state index in [1.807, 2.05) is 30.3 Å². The molecule has 1 fully saturated rings. The lowest BCUT2D eigenvalue weighted by molar-refractivity contribution is -0.153. The summed E-state index contributed by atoms with van der Waals surface area (Å²) in [4.78, 5) is 35.7. The first-order valence-electron chi connectivity index (χ1n) is 6.81. The predicted molar refractivity (Wildman–Crippen MR) is 75.3 cm³/mol. The van der Waals surface area contributed by atoms with Gasteiger partial charge in [-0.05, 0) is 25.8 Å². The molecule has 0 saturated carbocycles. The van der Waals surface area contributed by atoms with Crippen molar-refractivity contribution in [3.63, 3.8) is 0 Å². The second-order valence-corrected chi connectivity index (χ2v) is 5.10. The van der Waals surface area contributed by atoms with Crippen LogP contribution in [0.2, 0.25) is 0 Å². The first-order chi connectivity index (χ1) is 9.97. The Kier molecular flexibility index (Phi) is 4.26. The van der Waals surface area contributed by atoms with Gasteiger partial charge in [-0.1, -0.05) is 30.3 Å². The maximum absolute atomic E-state index is 12.2. The minimum Gasteiger partial charge on any atom is -0.466 e. The van der Waals surface area contributed by atoms with E-state index in [0.717, 1.165) is 5.56 Å². The van der Waals surface area contributed by atoms with Crippen molar-refractivity contribution in [2.45, 2.75) is 25.8 Å². The highest BCUT2D eigenvalue weighted by atomic mass is 16.5. The second-order valence-electron chi connectivity index (χ2n) is 5.10. The highest BCUT2D eigenvalue weighted by Gasteiger charge is 2.51. The van der Waals surface area contributed by atoms with Crippen molar-refractivity contribution in [2.24, 2.45) is 5.92 Å². The molecule has 21 heavy (non-hydrogen) atoms. The van der Waals surface area contributed by atoms with E-state index >= 15 is 0 Å². The van der Waals surface area contributed by atoms with E-state index in [9.17, 15) is 14.4 Å². The van der Waals surface area contributed by atoms with E-state index in [1.165, 1.54) is 6.92 Å². The van der Waals surface area contributed by atoms with E-state index in [-0.39, 0.29) is 6.61 Å². The molecule has 1 aliphatic rings. The Morgan fingerprint density at radius 3 is 2.48 bits per heavy atom. The van der Waals surface area contributed by atoms with Gasteiger partial charge in [0.2, 0.25) is 0 Å². The van der Waals surface area contributed by atoms with Crippen LogP contribution in [0.25, 0.3) is 0 Å². The third kappa shape index (κ3) is 3.04. The Morgan fingerprint density at radius 1 is 1.29 bits per heavy atom. The predicted octanol–water partition coefficient (Wildman–Crippen LogP) is 1.01. The number of hydrogen-bond acceptors (Lipinski definition) is 4. The van der Waals surface area contributed by atoms with Gasteiger partial charge < -0.3 is 10.1 Å². The summed E-state index contributed by atoms with van der Waals surface area (Å²) in [5, 5.41) is 4.71. The van der Waals surface area contributed by atoms with Gasteiger partial charge in [-0.25, -0.2) is 4.79 Å². The van der Waals surface area contributed by atoms with Gasteiger partial charge in [-0.15, -0.1) is 0 Å². The summed E-state index contributed by atoms with van der Waals surface area (Å²) in [6.45, 7) is 3.46. The molecule has 0 aliphatic carbocycles. The third-order valence-corrected chi connectivity index (χ3v) is 3.62. The molecular weight excluding hydrogens is 272 g/mol. The minimum absolute atomic E-state index is 0.218. The number of benzene rings is 1. The second kappa shape index (κ2) is 5.95. The molecule has 6 nitrogen and oxygen atoms in total. The van der Waals surface area contributed by atoms with Gasteiger partial charge >= 0.3 is 12.0 Å². The number of carbonyl (C=O) groups excluding carboxylic acids is 3. The monoisotopic (exact) mass is 290 g/mol. The van der Waals surface area contributed by atoms with E-state index < -0.39 is 29.4 Å². The lowest BCUT2D eigenvalue weighted by Crippen LogP contribution is -2.54. The molecule has 2 unspecified atom stereocenters. The van der Waals surface area contributed by atoms with Gasteiger partial charge in [0.15, 0.2) is 0 Å². The van der Waals surface area contributed by atoms with Crippen molar-refractivity contribution in [3.8, 4) is 0 Å². The Bertz CT molecular complexity index is 558. The third-order valence-electron chi connectivity index (χ3n) is 3.62. The molecule has 0 aromatic heterocycles. The topological polar surface area (TPSA) is 84.5 Å². The summed E-state index contributed by atoms with van der Waals surface area (Å²) >= 11 is 0. The fourth-order valence-electron chi connectivity index (χ4n) is 2.42. The Hall–Kier alpha value is -2.37. The van der Waals surface area contributed by atoms with Crippen LogP contribution in [0.3, 0.4) is 0 Å². The van der Waals surface area contributed by atoms with Crippen molar-refractivity contribution in [2.75, 3.05) is 6.61 Å². The van der Waals surface area contributed by atoms with Crippen LogP contribution in [0.5, 0.6) is 0 Å². The van der Waals surface area contributed by atoms with Crippen LogP contribution in [-0.4, -0.2) is 30.1 Å². The summed E-state index contributed by atoms with van der Waals surface area (Å²) in [5.74, 6) is -1.80. The molecule has 0 spiro atoms. The van der Waals surface area contributed by atoms with Crippen LogP contribution in [0.4, 0.5) is 4.79 Å². The molecule has 1 aromatic rings. The summed E-state index contributed by atoms with van der Waals surface area (Å²) in [7, 11) is 0. The van der Waals surface area contributed by atoms with Gasteiger partial charge in [0.1, 0.15) is 5.54 Å². The van der Waals surface area contributed by atoms with Crippen LogP contribution in [0.1, 0.15) is 19.4 Å². The van der Waals surface area contributed by atoms with Gasteiger partial charge in [-0.2, -0.15) is 0 Å². The summed E-state index contributed by atoms with van der Waals surface area (Å²) in [5.41, 5.74) is -0.412. The number of nitrogens with one attached hydrogen (secondary N) is 2. The maximum Gasteiger partial charge on any atom is 0.322 e. The van der Waals surface area contributed by atoms with Crippen LogP contribution in [-0.2, 0) is 20.7 Å². The normalized spacial score (nSPS) is 22.4. The standard InChI is InChI=1S/C15H18N2O4/c1-3-21-12(18)11(9-10-7-5-4-6-8-10)15(2)13(19)16-14(20)17-15/h4-8,11H,3,9H2,1-2H3,(H2,16,17,19,20). The van der Waals surface area contributed by atoms with Crippen LogP contribution in [0, 0.1) is 5.92 Å². The van der Waals surface area contributed by atoms with Gasteiger partial charge in [0.25, 0.3) is 5.91 Å². The molecule has 2 N–H and O–H groups in total. The molecule has 6 heteroatoms. The smallest absolute Gasteiger partial charge is 0.322 e. The van der Waals surface area contributed by atoms with E-state index in [4.69, 9.17) is 4.74 Å². The zero-order valence-corrected chi connectivity index (χ0v) is 12.0. The first-order valence-corrected chi connectivity index (χ1v) is 6.81. The number of rotatable bonds is 5. The molecule has 1 saturated heterocycles. The molecule has 2 rings (SSSR count). The van der Waals surface area contributed by atoms with E-state index in [1.54, 1.807) is 6.92 Å². The molecule has 0 radical (unpaired) electrons. The number of esters is 1. The molecule has 3 amide bonds. The van der Waals surface area contributed by atoms with Crippen molar-refractivity contribution < 1.29 is 19.1 Å². The zero-order valence-electron chi connectivity index (χ0n) is 12.0. The van der Waals surface area contributed by atoms with E-state index in [0.29, 0.717) is 6.42 Å². The van der Waals surface area contributed by atoms with Crippen molar-refractivity contribution in [3.05, 3.63) is 35.9 Å². The number of hydrogen-bond donors (Lipinski definition) is 2. The van der Waals surface area contributed by atoms with Crippen molar-refractivity contribution in [1.29, 1.82) is 0 Å². The molecular formula is C15H18N2O4. The highest BCUT2D eigenvalue weighted by Crippen LogP contribution is 2.26. The van der Waals surface area contributed by atoms with Crippen LogP contribution in [0.15, 0.2) is 30.3 Å². The fraction of sp³-hybridized carbons (Fsp3) is 0.400. The van der Waals surface area contributed by atoms with Gasteiger partial charge in [-0.3, -0.25) is 14.9 Å². The van der Waals surface area contributed by atoms with Crippen molar-refractivity contribution in [1.82, 2.24) is 10.6 Å². The molecule has 112 valence electrons. The Balaban J connectivity index is 2.30. The van der Waals surface area contributed by atoms with E-state index in [2.05, 4.69) is 10.6 Å². The Labute approximate surface area is 122 Å². The quantitative estimate of drug-likeness (QED) is 0.626. The number of urea groups is 1. The molecule has 0 bridgehead atoms. The lowest BCUT2D eigenvalue weighted by atomic mass is 9.81. The SMILES string of the molecule is CCOC(=O)C(Cc1ccccc1)C1(C)NC(=O)NC1=O. The first kappa shape index (κ1) is 15.0. The largest absolute Gasteiger partial charge is 0.466 e. The molecule has 2 atom stereocenters. The molecule has 1 aliphatic heterocycles. The maximum atomic E-state index is 12.2. The average Bonchev–Trinajstić information content (AvgIpc) is 2.71. The average molecular weight is 290 g/mol. The summed E-state index contributed by atoms with van der Waals surface area (Å²) < 4.78 is 5.07. The van der Waals surface area contributed by atoms with Crippen molar-refractivity contribution >= 4 is 17.9 Å².